The quantitative estimate of drug-likeness (QED) is 0.758. The van der Waals surface area contributed by atoms with Crippen molar-refractivity contribution in [3.8, 4) is 0 Å². The van der Waals surface area contributed by atoms with Crippen LogP contribution in [-0.4, -0.2) is 40.2 Å². The zero-order valence-electron chi connectivity index (χ0n) is 10.3. The van der Waals surface area contributed by atoms with Crippen LogP contribution in [0.2, 0.25) is 5.02 Å². The summed E-state index contributed by atoms with van der Waals surface area (Å²) in [5, 5.41) is 17.8. The van der Waals surface area contributed by atoms with Gasteiger partial charge in [-0.3, -0.25) is 9.59 Å². The van der Waals surface area contributed by atoms with E-state index >= 15 is 0 Å². The molecule has 0 unspecified atom stereocenters. The van der Waals surface area contributed by atoms with E-state index in [2.05, 4.69) is 4.98 Å². The van der Waals surface area contributed by atoms with E-state index in [1.807, 2.05) is 0 Å². The first kappa shape index (κ1) is 15.2. The van der Waals surface area contributed by atoms with Crippen LogP contribution in [0.4, 0.5) is 5.82 Å². The summed E-state index contributed by atoms with van der Waals surface area (Å²) in [5.41, 5.74) is 0. The minimum atomic E-state index is -0.905. The average Bonchev–Trinajstić information content (AvgIpc) is 2.34. The molecule has 0 radical (unpaired) electrons. The largest absolute Gasteiger partial charge is 0.481 e. The first-order valence-corrected chi connectivity index (χ1v) is 6.17. The second-order valence-electron chi connectivity index (χ2n) is 3.96. The number of halogens is 1. The summed E-state index contributed by atoms with van der Waals surface area (Å²) in [6, 6.07) is 3.35. The molecule has 1 heterocycles. The maximum Gasteiger partial charge on any atom is 0.305 e. The van der Waals surface area contributed by atoms with E-state index in [1.165, 1.54) is 6.20 Å². The number of carboxylic acids is 2. The molecule has 0 saturated heterocycles. The fraction of sp³-hybridized carbons (Fsp3) is 0.417. The highest BCUT2D eigenvalue weighted by molar-refractivity contribution is 6.30. The number of aliphatic carboxylic acids is 2. The van der Waals surface area contributed by atoms with Crippen LogP contribution < -0.4 is 4.90 Å². The van der Waals surface area contributed by atoms with Crippen LogP contribution in [0.25, 0.3) is 0 Å². The van der Waals surface area contributed by atoms with Gasteiger partial charge in [0, 0.05) is 25.7 Å². The third-order valence-corrected chi connectivity index (χ3v) is 2.67. The second-order valence-corrected chi connectivity index (χ2v) is 4.40. The van der Waals surface area contributed by atoms with Gasteiger partial charge >= 0.3 is 11.9 Å². The number of hydrogen-bond donors (Lipinski definition) is 2. The van der Waals surface area contributed by atoms with Gasteiger partial charge in [-0.15, -0.1) is 0 Å². The van der Waals surface area contributed by atoms with Crippen LogP contribution in [-0.2, 0) is 9.59 Å². The van der Waals surface area contributed by atoms with Crippen molar-refractivity contribution >= 4 is 29.4 Å². The van der Waals surface area contributed by atoms with Crippen molar-refractivity contribution in [1.82, 2.24) is 4.98 Å². The Morgan fingerprint density at radius 2 is 1.84 bits per heavy atom. The predicted molar refractivity (Wildman–Crippen MR) is 70.6 cm³/mol. The maximum absolute atomic E-state index is 10.6. The Morgan fingerprint density at radius 1 is 1.16 bits per heavy atom. The lowest BCUT2D eigenvalue weighted by Gasteiger charge is -2.22. The third-order valence-electron chi connectivity index (χ3n) is 2.45. The third kappa shape index (κ3) is 6.05. The Balaban J connectivity index is 2.64. The standard InChI is InChI=1S/C12H15ClN2O4/c13-9-3-4-10(14-8-9)15(7-5-12(18)19)6-1-2-11(16)17/h3-4,8H,1-2,5-7H2,(H,16,17)(H,18,19). The van der Waals surface area contributed by atoms with Crippen molar-refractivity contribution in [3.05, 3.63) is 23.4 Å². The number of aromatic nitrogens is 1. The number of nitrogens with zero attached hydrogens (tertiary/aromatic N) is 2. The van der Waals surface area contributed by atoms with E-state index in [0.717, 1.165) is 0 Å². The Bertz CT molecular complexity index is 436. The van der Waals surface area contributed by atoms with Crippen molar-refractivity contribution in [2.75, 3.05) is 18.0 Å². The SMILES string of the molecule is O=C(O)CCCN(CCC(=O)O)c1ccc(Cl)cn1. The minimum absolute atomic E-state index is 0.0304. The molecule has 0 aliphatic rings. The van der Waals surface area contributed by atoms with Gasteiger partial charge in [-0.2, -0.15) is 0 Å². The van der Waals surface area contributed by atoms with Crippen LogP contribution >= 0.6 is 11.6 Å². The fourth-order valence-electron chi connectivity index (χ4n) is 1.55. The fourth-order valence-corrected chi connectivity index (χ4v) is 1.66. The van der Waals surface area contributed by atoms with Crippen molar-refractivity contribution in [3.63, 3.8) is 0 Å². The highest BCUT2D eigenvalue weighted by Crippen LogP contribution is 2.15. The molecule has 1 rings (SSSR count). The smallest absolute Gasteiger partial charge is 0.305 e. The van der Waals surface area contributed by atoms with Crippen molar-refractivity contribution in [2.45, 2.75) is 19.3 Å². The minimum Gasteiger partial charge on any atom is -0.481 e. The molecule has 0 spiro atoms. The molecule has 0 bridgehead atoms. The number of pyridine rings is 1. The molecule has 0 fully saturated rings. The van der Waals surface area contributed by atoms with Gasteiger partial charge in [0.15, 0.2) is 0 Å². The lowest BCUT2D eigenvalue weighted by atomic mass is 10.2. The molecule has 0 atom stereocenters. The Morgan fingerprint density at radius 3 is 2.37 bits per heavy atom. The highest BCUT2D eigenvalue weighted by Gasteiger charge is 2.10. The maximum atomic E-state index is 10.6. The van der Waals surface area contributed by atoms with Crippen LogP contribution in [0.1, 0.15) is 19.3 Å². The van der Waals surface area contributed by atoms with Gasteiger partial charge < -0.3 is 15.1 Å². The van der Waals surface area contributed by atoms with E-state index < -0.39 is 11.9 Å². The molecule has 7 heteroatoms. The number of hydrogen-bond acceptors (Lipinski definition) is 4. The van der Waals surface area contributed by atoms with Gasteiger partial charge in [0.05, 0.1) is 11.4 Å². The van der Waals surface area contributed by atoms with Gasteiger partial charge in [-0.1, -0.05) is 11.6 Å². The predicted octanol–water partition coefficient (Wildman–Crippen LogP) is 1.88. The zero-order valence-corrected chi connectivity index (χ0v) is 11.0. The van der Waals surface area contributed by atoms with Crippen LogP contribution in [0.5, 0.6) is 0 Å². The van der Waals surface area contributed by atoms with Crippen LogP contribution in [0.15, 0.2) is 18.3 Å². The molecule has 0 aliphatic carbocycles. The summed E-state index contributed by atoms with van der Waals surface area (Å²) < 4.78 is 0. The topological polar surface area (TPSA) is 90.7 Å². The molecule has 2 N–H and O–H groups in total. The lowest BCUT2D eigenvalue weighted by Crippen LogP contribution is -2.28. The summed E-state index contributed by atoms with van der Waals surface area (Å²) in [7, 11) is 0. The number of anilines is 1. The normalized spacial score (nSPS) is 10.2. The number of carboxylic acid groups (broad SMARTS) is 2. The van der Waals surface area contributed by atoms with Crippen molar-refractivity contribution in [2.24, 2.45) is 0 Å². The molecule has 1 aromatic heterocycles. The summed E-state index contributed by atoms with van der Waals surface area (Å²) >= 11 is 5.74. The van der Waals surface area contributed by atoms with Crippen LogP contribution in [0.3, 0.4) is 0 Å². The van der Waals surface area contributed by atoms with E-state index in [1.54, 1.807) is 17.0 Å². The summed E-state index contributed by atoms with van der Waals surface area (Å²) in [6.45, 7) is 0.720. The molecule has 6 nitrogen and oxygen atoms in total. The Hall–Kier alpha value is -1.82. The molecular formula is C12H15ClN2O4. The molecule has 1 aromatic rings. The first-order chi connectivity index (χ1) is 8.99. The zero-order chi connectivity index (χ0) is 14.3. The molecule has 0 amide bonds. The van der Waals surface area contributed by atoms with E-state index in [-0.39, 0.29) is 19.4 Å². The second kappa shape index (κ2) is 7.58. The van der Waals surface area contributed by atoms with E-state index in [9.17, 15) is 9.59 Å². The molecule has 104 valence electrons. The molecule has 0 aromatic carbocycles. The van der Waals surface area contributed by atoms with Crippen LogP contribution in [0, 0.1) is 0 Å². The highest BCUT2D eigenvalue weighted by atomic mass is 35.5. The summed E-state index contributed by atoms with van der Waals surface area (Å²) in [4.78, 5) is 26.9. The van der Waals surface area contributed by atoms with Crippen molar-refractivity contribution in [1.29, 1.82) is 0 Å². The van der Waals surface area contributed by atoms with Gasteiger partial charge in [0.25, 0.3) is 0 Å². The average molecular weight is 287 g/mol. The van der Waals surface area contributed by atoms with Crippen molar-refractivity contribution < 1.29 is 19.8 Å². The van der Waals surface area contributed by atoms with E-state index in [4.69, 9.17) is 21.8 Å². The van der Waals surface area contributed by atoms with E-state index in [0.29, 0.717) is 23.8 Å². The first-order valence-electron chi connectivity index (χ1n) is 5.79. The van der Waals surface area contributed by atoms with Gasteiger partial charge in [0.2, 0.25) is 0 Å². The summed E-state index contributed by atoms with van der Waals surface area (Å²) in [6.07, 6.45) is 1.91. The van der Waals surface area contributed by atoms with Gasteiger partial charge in [-0.05, 0) is 18.6 Å². The Labute approximate surface area is 115 Å². The molecule has 0 aliphatic heterocycles. The number of carbonyl (C=O) groups is 2. The molecule has 19 heavy (non-hydrogen) atoms. The number of rotatable bonds is 8. The molecule has 0 saturated carbocycles. The monoisotopic (exact) mass is 286 g/mol. The molecular weight excluding hydrogens is 272 g/mol. The van der Waals surface area contributed by atoms with Gasteiger partial charge in [0.1, 0.15) is 5.82 Å². The lowest BCUT2D eigenvalue weighted by molar-refractivity contribution is -0.138. The Kier molecular flexibility index (Phi) is 6.08. The summed E-state index contributed by atoms with van der Waals surface area (Å²) in [5.74, 6) is -1.18. The van der Waals surface area contributed by atoms with Gasteiger partial charge in [-0.25, -0.2) is 4.98 Å².